The first kappa shape index (κ1) is 16.1. The molecule has 1 saturated heterocycles. The molecule has 0 N–H and O–H groups in total. The van der Waals surface area contributed by atoms with Crippen LogP contribution in [0.1, 0.15) is 0 Å². The van der Waals surface area contributed by atoms with Gasteiger partial charge in [0.25, 0.3) is 0 Å². The first-order valence-electron chi connectivity index (χ1n) is 6.94. The number of hydrogen-bond donors (Lipinski definition) is 0. The standard InChI is InChI=1S/C14H14ClFN4O2S/c15-12-9-11(1-2-13(12)16)23(21,22)20-7-5-19(6-8-20)14-10-17-3-4-18-14/h1-4,9-10H,5-8H2. The lowest BCUT2D eigenvalue weighted by Crippen LogP contribution is -2.48. The minimum Gasteiger partial charge on any atom is -0.353 e. The van der Waals surface area contributed by atoms with Crippen molar-refractivity contribution in [3.63, 3.8) is 0 Å². The highest BCUT2D eigenvalue weighted by Crippen LogP contribution is 2.23. The summed E-state index contributed by atoms with van der Waals surface area (Å²) in [7, 11) is -3.69. The second-order valence-corrected chi connectivity index (χ2v) is 7.38. The topological polar surface area (TPSA) is 66.4 Å². The van der Waals surface area contributed by atoms with Crippen LogP contribution in [0, 0.1) is 5.82 Å². The maximum atomic E-state index is 13.2. The second kappa shape index (κ2) is 6.38. The Morgan fingerprint density at radius 3 is 2.48 bits per heavy atom. The van der Waals surface area contributed by atoms with Gasteiger partial charge in [-0.05, 0) is 18.2 Å². The van der Waals surface area contributed by atoms with E-state index in [1.165, 1.54) is 10.4 Å². The molecule has 0 unspecified atom stereocenters. The highest BCUT2D eigenvalue weighted by molar-refractivity contribution is 7.89. The molecule has 0 radical (unpaired) electrons. The summed E-state index contributed by atoms with van der Waals surface area (Å²) >= 11 is 5.68. The first-order chi connectivity index (χ1) is 11.0. The minimum absolute atomic E-state index is 0.00291. The Balaban J connectivity index is 1.75. The largest absolute Gasteiger partial charge is 0.353 e. The maximum absolute atomic E-state index is 13.2. The summed E-state index contributed by atoms with van der Waals surface area (Å²) in [6.07, 6.45) is 4.82. The van der Waals surface area contributed by atoms with Crippen LogP contribution in [0.5, 0.6) is 0 Å². The predicted octanol–water partition coefficient (Wildman–Crippen LogP) is 1.78. The lowest BCUT2D eigenvalue weighted by atomic mass is 10.3. The molecule has 1 aliphatic heterocycles. The predicted molar refractivity (Wildman–Crippen MR) is 84.4 cm³/mol. The molecule has 122 valence electrons. The normalized spacial score (nSPS) is 16.5. The van der Waals surface area contributed by atoms with Crippen LogP contribution in [0.4, 0.5) is 10.2 Å². The van der Waals surface area contributed by atoms with Gasteiger partial charge in [0.05, 0.1) is 16.1 Å². The summed E-state index contributed by atoms with van der Waals surface area (Å²) < 4.78 is 39.8. The van der Waals surface area contributed by atoms with Crippen LogP contribution >= 0.6 is 11.6 Å². The lowest BCUT2D eigenvalue weighted by molar-refractivity contribution is 0.383. The molecule has 0 atom stereocenters. The quantitative estimate of drug-likeness (QED) is 0.838. The zero-order valence-corrected chi connectivity index (χ0v) is 13.6. The van der Waals surface area contributed by atoms with Crippen LogP contribution in [-0.4, -0.2) is 48.9 Å². The molecule has 1 aliphatic rings. The molecule has 0 spiro atoms. The average Bonchev–Trinajstić information content (AvgIpc) is 2.58. The van der Waals surface area contributed by atoms with E-state index in [2.05, 4.69) is 9.97 Å². The molecule has 0 saturated carbocycles. The highest BCUT2D eigenvalue weighted by Gasteiger charge is 2.29. The number of nitrogens with zero attached hydrogens (tertiary/aromatic N) is 4. The van der Waals surface area contributed by atoms with Crippen molar-refractivity contribution in [1.82, 2.24) is 14.3 Å². The lowest BCUT2D eigenvalue weighted by Gasteiger charge is -2.34. The van der Waals surface area contributed by atoms with Crippen LogP contribution < -0.4 is 4.90 Å². The number of piperazine rings is 1. The summed E-state index contributed by atoms with van der Waals surface area (Å²) in [6.45, 7) is 1.64. The molecule has 9 heteroatoms. The first-order valence-corrected chi connectivity index (χ1v) is 8.76. The Labute approximate surface area is 138 Å². The number of halogens is 2. The van der Waals surface area contributed by atoms with Crippen molar-refractivity contribution in [3.05, 3.63) is 47.6 Å². The fourth-order valence-corrected chi connectivity index (χ4v) is 4.09. The Bertz CT molecular complexity index is 796. The number of aromatic nitrogens is 2. The third kappa shape index (κ3) is 3.29. The number of anilines is 1. The molecule has 0 aliphatic carbocycles. The fraction of sp³-hybridized carbons (Fsp3) is 0.286. The molecule has 1 fully saturated rings. The van der Waals surface area contributed by atoms with Crippen molar-refractivity contribution in [2.24, 2.45) is 0 Å². The van der Waals surface area contributed by atoms with E-state index in [0.29, 0.717) is 26.2 Å². The Morgan fingerprint density at radius 1 is 1.13 bits per heavy atom. The Hall–Kier alpha value is -1.77. The summed E-state index contributed by atoms with van der Waals surface area (Å²) in [6, 6.07) is 3.43. The smallest absolute Gasteiger partial charge is 0.243 e. The van der Waals surface area contributed by atoms with Crippen LogP contribution in [0.25, 0.3) is 0 Å². The van der Waals surface area contributed by atoms with Crippen LogP contribution in [-0.2, 0) is 10.0 Å². The molecule has 0 bridgehead atoms. The van der Waals surface area contributed by atoms with Gasteiger partial charge in [-0.2, -0.15) is 4.31 Å². The number of benzene rings is 1. The molecule has 6 nitrogen and oxygen atoms in total. The minimum atomic E-state index is -3.69. The molecular weight excluding hydrogens is 343 g/mol. The van der Waals surface area contributed by atoms with E-state index in [9.17, 15) is 12.8 Å². The summed E-state index contributed by atoms with van der Waals surface area (Å²) in [4.78, 5) is 10.2. The highest BCUT2D eigenvalue weighted by atomic mass is 35.5. The van der Waals surface area contributed by atoms with Gasteiger partial charge in [0.2, 0.25) is 10.0 Å². The fourth-order valence-electron chi connectivity index (χ4n) is 2.40. The molecule has 3 rings (SSSR count). The van der Waals surface area contributed by atoms with Crippen molar-refractivity contribution in [2.45, 2.75) is 4.90 Å². The van der Waals surface area contributed by atoms with Gasteiger partial charge in [-0.3, -0.25) is 4.98 Å². The molecule has 2 heterocycles. The second-order valence-electron chi connectivity index (χ2n) is 5.03. The van der Waals surface area contributed by atoms with Crippen molar-refractivity contribution in [3.8, 4) is 0 Å². The van der Waals surface area contributed by atoms with E-state index in [4.69, 9.17) is 11.6 Å². The van der Waals surface area contributed by atoms with Gasteiger partial charge in [-0.15, -0.1) is 0 Å². The summed E-state index contributed by atoms with van der Waals surface area (Å²) in [5.74, 6) is 0.0764. The number of sulfonamides is 1. The third-order valence-corrected chi connectivity index (χ3v) is 5.83. The van der Waals surface area contributed by atoms with Gasteiger partial charge < -0.3 is 4.90 Å². The third-order valence-electron chi connectivity index (χ3n) is 3.64. The van der Waals surface area contributed by atoms with Gasteiger partial charge in [0.1, 0.15) is 11.6 Å². The molecule has 2 aromatic rings. The van der Waals surface area contributed by atoms with E-state index >= 15 is 0 Å². The van der Waals surface area contributed by atoms with Gasteiger partial charge in [-0.1, -0.05) is 11.6 Å². The zero-order chi connectivity index (χ0) is 16.4. The molecule has 23 heavy (non-hydrogen) atoms. The van der Waals surface area contributed by atoms with Crippen LogP contribution in [0.2, 0.25) is 5.02 Å². The number of hydrogen-bond acceptors (Lipinski definition) is 5. The Morgan fingerprint density at radius 2 is 1.87 bits per heavy atom. The van der Waals surface area contributed by atoms with Gasteiger partial charge >= 0.3 is 0 Å². The Kier molecular flexibility index (Phi) is 4.47. The van der Waals surface area contributed by atoms with Crippen molar-refractivity contribution >= 4 is 27.4 Å². The average molecular weight is 357 g/mol. The molecule has 0 amide bonds. The van der Waals surface area contributed by atoms with Crippen LogP contribution in [0.3, 0.4) is 0 Å². The van der Waals surface area contributed by atoms with E-state index in [1.54, 1.807) is 18.6 Å². The zero-order valence-electron chi connectivity index (χ0n) is 12.1. The van der Waals surface area contributed by atoms with Gasteiger partial charge in [-0.25, -0.2) is 17.8 Å². The summed E-state index contributed by atoms with van der Waals surface area (Å²) in [5, 5.41) is -0.204. The molecule has 1 aromatic heterocycles. The van der Waals surface area contributed by atoms with Crippen molar-refractivity contribution in [2.75, 3.05) is 31.1 Å². The van der Waals surface area contributed by atoms with Crippen LogP contribution in [0.15, 0.2) is 41.7 Å². The van der Waals surface area contributed by atoms with Crippen molar-refractivity contribution < 1.29 is 12.8 Å². The van der Waals surface area contributed by atoms with E-state index in [-0.39, 0.29) is 9.92 Å². The SMILES string of the molecule is O=S(=O)(c1ccc(F)c(Cl)c1)N1CCN(c2cnccn2)CC1. The molecular formula is C14H14ClFN4O2S. The number of rotatable bonds is 3. The van der Waals surface area contributed by atoms with Gasteiger partial charge in [0, 0.05) is 38.6 Å². The van der Waals surface area contributed by atoms with E-state index in [0.717, 1.165) is 18.0 Å². The maximum Gasteiger partial charge on any atom is 0.243 e. The van der Waals surface area contributed by atoms with E-state index < -0.39 is 15.8 Å². The van der Waals surface area contributed by atoms with E-state index in [1.807, 2.05) is 4.90 Å². The van der Waals surface area contributed by atoms with Crippen molar-refractivity contribution in [1.29, 1.82) is 0 Å². The monoisotopic (exact) mass is 356 g/mol. The summed E-state index contributed by atoms with van der Waals surface area (Å²) in [5.41, 5.74) is 0. The molecule has 1 aromatic carbocycles. The van der Waals surface area contributed by atoms with Gasteiger partial charge in [0.15, 0.2) is 0 Å².